The molecule has 0 radical (unpaired) electrons. The van der Waals surface area contributed by atoms with Gasteiger partial charge < -0.3 is 26.0 Å². The lowest BCUT2D eigenvalue weighted by Crippen LogP contribution is -2.08. The van der Waals surface area contributed by atoms with Crippen LogP contribution in [-0.2, 0) is 23.1 Å². The number of nitrogens with two attached hydrogens (primary N) is 1. The van der Waals surface area contributed by atoms with E-state index in [1.54, 1.807) is 0 Å². The highest BCUT2D eigenvalue weighted by Crippen LogP contribution is 2.29. The molecule has 0 saturated heterocycles. The van der Waals surface area contributed by atoms with Gasteiger partial charge in [-0.3, -0.25) is 4.55 Å². The largest absolute Gasteiger partial charge is 0.493 e. The Labute approximate surface area is 258 Å². The molecule has 0 aliphatic rings. The molecule has 11 heteroatoms. The van der Waals surface area contributed by atoms with Gasteiger partial charge in [0.2, 0.25) is 0 Å². The molecule has 0 unspecified atom stereocenters. The van der Waals surface area contributed by atoms with Crippen molar-refractivity contribution in [3.63, 3.8) is 0 Å². The van der Waals surface area contributed by atoms with E-state index in [4.69, 9.17) is 25.2 Å². The summed E-state index contributed by atoms with van der Waals surface area (Å²) in [4.78, 5) is 20.8. The standard InChI is InChI=1S/C24H30N2O.C8H6O4.CH4O3S/c1-2-3-9-20-13-14-24(23-12-5-4-11-22(20)23)27-16-7-15-26-21-10-6-8-19(17-21)18-25;9-7(10)5-2-1-3-6(4-5)8(11)12;1-5(2,3)4/h4-6,8,10-14,17,26H,2-3,7,9,15-16,18,25H2,1H3;1-4H,(H,9,10)(H,11,12);1H3,(H,2,3,4). The number of rotatable bonds is 12. The van der Waals surface area contributed by atoms with E-state index in [2.05, 4.69) is 60.8 Å². The normalized spacial score (nSPS) is 10.5. The Balaban J connectivity index is 0.000000328. The maximum atomic E-state index is 10.4. The van der Waals surface area contributed by atoms with Gasteiger partial charge in [0.1, 0.15) is 5.75 Å². The first kappa shape index (κ1) is 35.7. The lowest BCUT2D eigenvalue weighted by atomic mass is 9.99. The number of hydrogen-bond donors (Lipinski definition) is 5. The molecule has 4 aromatic carbocycles. The quantitative estimate of drug-likeness (QED) is 0.0913. The monoisotopic (exact) mass is 624 g/mol. The molecule has 0 aliphatic carbocycles. The number of ether oxygens (including phenoxy) is 1. The van der Waals surface area contributed by atoms with Gasteiger partial charge in [-0.05, 0) is 72.2 Å². The number of aryl methyl sites for hydroxylation is 1. The van der Waals surface area contributed by atoms with E-state index in [9.17, 15) is 18.0 Å². The first-order valence-electron chi connectivity index (χ1n) is 14.1. The van der Waals surface area contributed by atoms with E-state index in [0.717, 1.165) is 42.5 Å². The zero-order valence-electron chi connectivity index (χ0n) is 24.9. The van der Waals surface area contributed by atoms with Crippen LogP contribution in [0.3, 0.4) is 0 Å². The number of fused-ring (bicyclic) bond motifs is 1. The van der Waals surface area contributed by atoms with Gasteiger partial charge in [-0.15, -0.1) is 0 Å². The summed E-state index contributed by atoms with van der Waals surface area (Å²) in [6, 6.07) is 26.4. The van der Waals surface area contributed by atoms with Crippen LogP contribution in [0.25, 0.3) is 10.8 Å². The van der Waals surface area contributed by atoms with Crippen LogP contribution in [0, 0.1) is 0 Å². The minimum absolute atomic E-state index is 0.0186. The average molecular weight is 625 g/mol. The summed E-state index contributed by atoms with van der Waals surface area (Å²) in [5, 5.41) is 23.0. The molecule has 0 fully saturated rings. The Morgan fingerprint density at radius 2 is 1.45 bits per heavy atom. The molecule has 4 rings (SSSR count). The van der Waals surface area contributed by atoms with Crippen molar-refractivity contribution in [3.05, 3.63) is 107 Å². The molecular formula is C33H40N2O8S. The number of hydrogen-bond acceptors (Lipinski definition) is 7. The van der Waals surface area contributed by atoms with E-state index in [-0.39, 0.29) is 11.1 Å². The van der Waals surface area contributed by atoms with Crippen molar-refractivity contribution in [2.75, 3.05) is 24.7 Å². The maximum Gasteiger partial charge on any atom is 0.335 e. The Morgan fingerprint density at radius 1 is 0.841 bits per heavy atom. The van der Waals surface area contributed by atoms with Crippen LogP contribution < -0.4 is 15.8 Å². The van der Waals surface area contributed by atoms with Gasteiger partial charge in [0.15, 0.2) is 0 Å². The molecule has 0 aliphatic heterocycles. The fourth-order valence-electron chi connectivity index (χ4n) is 4.13. The molecule has 0 amide bonds. The SMILES string of the molecule is CCCCc1ccc(OCCCNc2cccc(CN)c2)c2ccccc12.CS(=O)(=O)O.O=C(O)c1cccc(C(=O)O)c1. The smallest absolute Gasteiger partial charge is 0.335 e. The van der Waals surface area contributed by atoms with Crippen LogP contribution in [0.5, 0.6) is 5.75 Å². The third kappa shape index (κ3) is 13.2. The minimum atomic E-state index is -3.67. The van der Waals surface area contributed by atoms with E-state index >= 15 is 0 Å². The zero-order valence-corrected chi connectivity index (χ0v) is 25.7. The van der Waals surface area contributed by atoms with Crippen LogP contribution in [0.1, 0.15) is 58.0 Å². The van der Waals surface area contributed by atoms with Gasteiger partial charge in [-0.25, -0.2) is 9.59 Å². The van der Waals surface area contributed by atoms with Crippen LogP contribution in [0.15, 0.2) is 84.9 Å². The van der Waals surface area contributed by atoms with Crippen molar-refractivity contribution in [2.45, 2.75) is 39.2 Å². The second kappa shape index (κ2) is 18.3. The molecule has 6 N–H and O–H groups in total. The highest BCUT2D eigenvalue weighted by atomic mass is 32.2. The van der Waals surface area contributed by atoms with Crippen LogP contribution >= 0.6 is 0 Å². The topological polar surface area (TPSA) is 176 Å². The molecule has 0 aromatic heterocycles. The number of carbonyl (C=O) groups is 2. The number of unbranched alkanes of at least 4 members (excludes halogenated alkanes) is 1. The van der Waals surface area contributed by atoms with E-state index in [1.165, 1.54) is 47.4 Å². The van der Waals surface area contributed by atoms with Crippen molar-refractivity contribution in [2.24, 2.45) is 5.73 Å². The minimum Gasteiger partial charge on any atom is -0.493 e. The maximum absolute atomic E-state index is 10.4. The summed E-state index contributed by atoms with van der Waals surface area (Å²) < 4.78 is 32.0. The average Bonchev–Trinajstić information content (AvgIpc) is 3.00. The number of aromatic carboxylic acids is 2. The van der Waals surface area contributed by atoms with E-state index in [0.29, 0.717) is 19.4 Å². The third-order valence-corrected chi connectivity index (χ3v) is 6.20. The summed E-state index contributed by atoms with van der Waals surface area (Å²) in [5.41, 5.74) is 9.33. The molecule has 0 heterocycles. The van der Waals surface area contributed by atoms with Crippen LogP contribution in [0.2, 0.25) is 0 Å². The Kier molecular flexibility index (Phi) is 14.8. The van der Waals surface area contributed by atoms with E-state index in [1.807, 2.05) is 12.1 Å². The molecule has 4 aromatic rings. The zero-order chi connectivity index (χ0) is 32.5. The summed E-state index contributed by atoms with van der Waals surface area (Å²) in [6.07, 6.45) is 5.23. The van der Waals surface area contributed by atoms with Gasteiger partial charge in [0.25, 0.3) is 10.1 Å². The highest BCUT2D eigenvalue weighted by Gasteiger charge is 2.08. The molecule has 0 bridgehead atoms. The van der Waals surface area contributed by atoms with Gasteiger partial charge in [0, 0.05) is 24.2 Å². The number of benzene rings is 4. The first-order valence-corrected chi connectivity index (χ1v) is 15.9. The number of anilines is 1. The number of carboxylic acids is 2. The summed E-state index contributed by atoms with van der Waals surface area (Å²) in [6.45, 7) is 4.38. The van der Waals surface area contributed by atoms with Crippen LogP contribution in [0.4, 0.5) is 5.69 Å². The second-order valence-corrected chi connectivity index (χ2v) is 11.3. The summed E-state index contributed by atoms with van der Waals surface area (Å²) >= 11 is 0. The summed E-state index contributed by atoms with van der Waals surface area (Å²) in [5.74, 6) is -1.27. The Hall–Kier alpha value is -4.45. The van der Waals surface area contributed by atoms with Gasteiger partial charge in [-0.2, -0.15) is 8.42 Å². The Bertz CT molecular complexity index is 1590. The Morgan fingerprint density at radius 3 is 2.05 bits per heavy atom. The predicted octanol–water partition coefficient (Wildman–Crippen LogP) is 6.11. The second-order valence-electron chi connectivity index (χ2n) is 9.83. The molecule has 236 valence electrons. The number of nitrogens with one attached hydrogen (secondary N) is 1. The van der Waals surface area contributed by atoms with Gasteiger partial charge >= 0.3 is 11.9 Å². The van der Waals surface area contributed by atoms with Crippen molar-refractivity contribution in [1.82, 2.24) is 0 Å². The third-order valence-electron chi connectivity index (χ3n) is 6.20. The van der Waals surface area contributed by atoms with Gasteiger partial charge in [0.05, 0.1) is 24.0 Å². The predicted molar refractivity (Wildman–Crippen MR) is 173 cm³/mol. The molecule has 44 heavy (non-hydrogen) atoms. The molecule has 0 atom stereocenters. The molecular weight excluding hydrogens is 584 g/mol. The van der Waals surface area contributed by atoms with Crippen molar-refractivity contribution in [3.8, 4) is 5.75 Å². The summed E-state index contributed by atoms with van der Waals surface area (Å²) in [7, 11) is -3.67. The molecule has 0 saturated carbocycles. The molecule has 10 nitrogen and oxygen atoms in total. The fourth-order valence-corrected chi connectivity index (χ4v) is 4.13. The fraction of sp³-hybridized carbons (Fsp3) is 0.273. The van der Waals surface area contributed by atoms with Crippen LogP contribution in [-0.4, -0.2) is 54.5 Å². The van der Waals surface area contributed by atoms with E-state index < -0.39 is 22.1 Å². The lowest BCUT2D eigenvalue weighted by molar-refractivity contribution is 0.0696. The number of carboxylic acid groups (broad SMARTS) is 2. The first-order chi connectivity index (χ1) is 20.9. The highest BCUT2D eigenvalue weighted by molar-refractivity contribution is 7.85. The van der Waals surface area contributed by atoms with Crippen molar-refractivity contribution >= 4 is 38.5 Å². The van der Waals surface area contributed by atoms with Gasteiger partial charge in [-0.1, -0.05) is 61.9 Å². The van der Waals surface area contributed by atoms with Crippen molar-refractivity contribution < 1.29 is 37.5 Å². The lowest BCUT2D eigenvalue weighted by Gasteiger charge is -2.13. The molecule has 0 spiro atoms. The van der Waals surface area contributed by atoms with Crippen molar-refractivity contribution in [1.29, 1.82) is 0 Å².